The quantitative estimate of drug-likeness (QED) is 0.474. The number of hydrogen-bond acceptors (Lipinski definition) is 5. The van der Waals surface area contributed by atoms with Gasteiger partial charge in [-0.15, -0.1) is 0 Å². The van der Waals surface area contributed by atoms with E-state index in [9.17, 15) is 4.57 Å². The topological polar surface area (TPSA) is 76.0 Å². The SMILES string of the molecule is O=P(CC(Br)CBr)(OCCO)OCCO. The predicted octanol–water partition coefficient (Wildman–Crippen LogP) is 1.36. The van der Waals surface area contributed by atoms with Gasteiger partial charge in [0.05, 0.1) is 32.6 Å². The number of halogens is 2. The second-order valence-electron chi connectivity index (χ2n) is 2.66. The lowest BCUT2D eigenvalue weighted by Crippen LogP contribution is -2.13. The molecular formula is C7H15Br2O5P. The van der Waals surface area contributed by atoms with Crippen molar-refractivity contribution in [1.29, 1.82) is 0 Å². The maximum atomic E-state index is 12.0. The highest BCUT2D eigenvalue weighted by atomic mass is 79.9. The average Bonchev–Trinajstić information content (AvgIpc) is 2.23. The summed E-state index contributed by atoms with van der Waals surface area (Å²) in [5.74, 6) is 0. The molecule has 0 aromatic carbocycles. The summed E-state index contributed by atoms with van der Waals surface area (Å²) < 4.78 is 21.9. The van der Waals surface area contributed by atoms with Crippen molar-refractivity contribution in [2.24, 2.45) is 0 Å². The van der Waals surface area contributed by atoms with Crippen LogP contribution in [0.1, 0.15) is 0 Å². The largest absolute Gasteiger partial charge is 0.394 e. The molecule has 0 heterocycles. The fourth-order valence-electron chi connectivity index (χ4n) is 0.794. The van der Waals surface area contributed by atoms with E-state index in [4.69, 9.17) is 19.3 Å². The number of aliphatic hydroxyl groups is 2. The highest BCUT2D eigenvalue weighted by Crippen LogP contribution is 2.49. The second-order valence-corrected chi connectivity index (χ2v) is 6.70. The second kappa shape index (κ2) is 9.10. The molecule has 0 spiro atoms. The van der Waals surface area contributed by atoms with E-state index < -0.39 is 7.60 Å². The van der Waals surface area contributed by atoms with Crippen molar-refractivity contribution in [2.45, 2.75) is 4.83 Å². The van der Waals surface area contributed by atoms with E-state index in [1.54, 1.807) is 0 Å². The third-order valence-electron chi connectivity index (χ3n) is 1.35. The molecule has 0 bridgehead atoms. The van der Waals surface area contributed by atoms with E-state index in [-0.39, 0.29) is 37.4 Å². The Bertz CT molecular complexity index is 192. The van der Waals surface area contributed by atoms with Crippen molar-refractivity contribution < 1.29 is 23.8 Å². The van der Waals surface area contributed by atoms with Gasteiger partial charge in [-0.1, -0.05) is 31.9 Å². The summed E-state index contributed by atoms with van der Waals surface area (Å²) in [6.07, 6.45) is 0.193. The molecule has 0 saturated carbocycles. The molecule has 0 radical (unpaired) electrons. The average molecular weight is 370 g/mol. The molecule has 8 heteroatoms. The highest BCUT2D eigenvalue weighted by molar-refractivity contribution is 9.12. The molecule has 0 rings (SSSR count). The molecule has 0 aliphatic heterocycles. The molecule has 0 aromatic rings. The van der Waals surface area contributed by atoms with Gasteiger partial charge in [0, 0.05) is 10.2 Å². The minimum absolute atomic E-state index is 0.0370. The van der Waals surface area contributed by atoms with Crippen molar-refractivity contribution in [1.82, 2.24) is 0 Å². The Hall–Kier alpha value is 1.03. The smallest absolute Gasteiger partial charge is 0.331 e. The normalized spacial score (nSPS) is 14.1. The van der Waals surface area contributed by atoms with Crippen LogP contribution in [-0.2, 0) is 13.6 Å². The molecule has 5 nitrogen and oxygen atoms in total. The monoisotopic (exact) mass is 368 g/mol. The minimum Gasteiger partial charge on any atom is -0.394 e. The molecule has 92 valence electrons. The Balaban J connectivity index is 4.19. The Morgan fingerprint density at radius 2 is 1.67 bits per heavy atom. The van der Waals surface area contributed by atoms with E-state index in [0.29, 0.717) is 5.33 Å². The van der Waals surface area contributed by atoms with Gasteiger partial charge < -0.3 is 19.3 Å². The van der Waals surface area contributed by atoms with Crippen LogP contribution in [-0.4, -0.2) is 53.0 Å². The molecule has 0 aliphatic carbocycles. The third-order valence-corrected chi connectivity index (χ3v) is 6.19. The first-order valence-electron chi connectivity index (χ1n) is 4.38. The van der Waals surface area contributed by atoms with Gasteiger partial charge in [-0.3, -0.25) is 4.57 Å². The first-order chi connectivity index (χ1) is 7.08. The molecule has 15 heavy (non-hydrogen) atoms. The predicted molar refractivity (Wildman–Crippen MR) is 65.1 cm³/mol. The van der Waals surface area contributed by atoms with Crippen LogP contribution in [0.4, 0.5) is 0 Å². The van der Waals surface area contributed by atoms with Crippen LogP contribution >= 0.6 is 39.5 Å². The summed E-state index contributed by atoms with van der Waals surface area (Å²) in [4.78, 5) is -0.0410. The van der Waals surface area contributed by atoms with Crippen LogP contribution in [0.5, 0.6) is 0 Å². The Labute approximate surface area is 106 Å². The molecule has 0 fully saturated rings. The van der Waals surface area contributed by atoms with Gasteiger partial charge in [-0.2, -0.15) is 0 Å². The lowest BCUT2D eigenvalue weighted by Gasteiger charge is -2.19. The summed E-state index contributed by atoms with van der Waals surface area (Å²) in [6, 6.07) is 0. The van der Waals surface area contributed by atoms with E-state index >= 15 is 0 Å². The zero-order valence-corrected chi connectivity index (χ0v) is 12.2. The molecular weight excluding hydrogens is 355 g/mol. The van der Waals surface area contributed by atoms with E-state index in [2.05, 4.69) is 31.9 Å². The standard InChI is InChI=1S/C7H15Br2O5P/c8-5-7(9)6-15(12,13-3-1-10)14-4-2-11/h7,10-11H,1-6H2. The summed E-state index contributed by atoms with van der Waals surface area (Å²) >= 11 is 6.52. The van der Waals surface area contributed by atoms with Crippen molar-refractivity contribution in [2.75, 3.05) is 37.9 Å². The summed E-state index contributed by atoms with van der Waals surface area (Å²) in [7, 11) is -3.22. The summed E-state index contributed by atoms with van der Waals surface area (Å²) in [6.45, 7) is -0.503. The highest BCUT2D eigenvalue weighted by Gasteiger charge is 2.27. The van der Waals surface area contributed by atoms with Crippen LogP contribution in [0, 0.1) is 0 Å². The van der Waals surface area contributed by atoms with Gasteiger partial charge in [0.2, 0.25) is 0 Å². The summed E-state index contributed by atoms with van der Waals surface area (Å²) in [5, 5.41) is 17.8. The fraction of sp³-hybridized carbons (Fsp3) is 1.00. The number of aliphatic hydroxyl groups excluding tert-OH is 2. The van der Waals surface area contributed by atoms with Crippen LogP contribution in [0.3, 0.4) is 0 Å². The minimum atomic E-state index is -3.22. The lowest BCUT2D eigenvalue weighted by molar-refractivity contribution is 0.141. The van der Waals surface area contributed by atoms with E-state index in [1.807, 2.05) is 0 Å². The van der Waals surface area contributed by atoms with Gasteiger partial charge in [0.25, 0.3) is 0 Å². The van der Waals surface area contributed by atoms with Gasteiger partial charge >= 0.3 is 7.60 Å². The van der Waals surface area contributed by atoms with Crippen molar-refractivity contribution >= 4 is 39.5 Å². The summed E-state index contributed by atoms with van der Waals surface area (Å²) in [5.41, 5.74) is 0. The van der Waals surface area contributed by atoms with E-state index in [1.165, 1.54) is 0 Å². The number of hydrogen-bond donors (Lipinski definition) is 2. The zero-order chi connectivity index (χ0) is 11.7. The Morgan fingerprint density at radius 3 is 2.00 bits per heavy atom. The molecule has 0 aromatic heterocycles. The van der Waals surface area contributed by atoms with Gasteiger partial charge in [0.15, 0.2) is 0 Å². The van der Waals surface area contributed by atoms with Gasteiger partial charge in [-0.05, 0) is 0 Å². The molecule has 1 unspecified atom stereocenters. The van der Waals surface area contributed by atoms with Gasteiger partial charge in [0.1, 0.15) is 0 Å². The molecule has 0 amide bonds. The maximum absolute atomic E-state index is 12.0. The fourth-order valence-corrected chi connectivity index (χ4v) is 4.06. The number of rotatable bonds is 9. The lowest BCUT2D eigenvalue weighted by atomic mass is 10.6. The van der Waals surface area contributed by atoms with Crippen molar-refractivity contribution in [3.63, 3.8) is 0 Å². The molecule has 0 aliphatic rings. The maximum Gasteiger partial charge on any atom is 0.331 e. The zero-order valence-electron chi connectivity index (χ0n) is 8.14. The van der Waals surface area contributed by atoms with Crippen LogP contribution in [0.25, 0.3) is 0 Å². The molecule has 0 saturated heterocycles. The Morgan fingerprint density at radius 1 is 1.20 bits per heavy atom. The van der Waals surface area contributed by atoms with Crippen molar-refractivity contribution in [3.8, 4) is 0 Å². The molecule has 1 atom stereocenters. The first-order valence-corrected chi connectivity index (χ1v) is 8.14. The van der Waals surface area contributed by atoms with Crippen LogP contribution < -0.4 is 0 Å². The van der Waals surface area contributed by atoms with E-state index in [0.717, 1.165) is 0 Å². The first kappa shape index (κ1) is 16.0. The molecule has 2 N–H and O–H groups in total. The van der Waals surface area contributed by atoms with Crippen molar-refractivity contribution in [3.05, 3.63) is 0 Å². The van der Waals surface area contributed by atoms with Gasteiger partial charge in [-0.25, -0.2) is 0 Å². The van der Waals surface area contributed by atoms with Crippen LogP contribution in [0.15, 0.2) is 0 Å². The van der Waals surface area contributed by atoms with Crippen LogP contribution in [0.2, 0.25) is 0 Å². The Kier molecular flexibility index (Phi) is 9.73. The third kappa shape index (κ3) is 7.85. The number of alkyl halides is 2.